The lowest BCUT2D eigenvalue weighted by Crippen LogP contribution is -2.42. The smallest absolute Gasteiger partial charge is 0.262 e. The Hall–Kier alpha value is -1.28. The van der Waals surface area contributed by atoms with Gasteiger partial charge in [-0.2, -0.15) is 0 Å². The van der Waals surface area contributed by atoms with E-state index in [1.54, 1.807) is 22.2 Å². The molecule has 124 valence electrons. The predicted molar refractivity (Wildman–Crippen MR) is 89.2 cm³/mol. The van der Waals surface area contributed by atoms with E-state index in [1.807, 2.05) is 0 Å². The van der Waals surface area contributed by atoms with Crippen molar-refractivity contribution in [2.45, 2.75) is 31.9 Å². The molecule has 0 saturated carbocycles. The van der Waals surface area contributed by atoms with E-state index in [2.05, 4.69) is 9.88 Å². The van der Waals surface area contributed by atoms with Crippen LogP contribution in [-0.2, 0) is 24.1 Å². The van der Waals surface area contributed by atoms with Crippen LogP contribution in [0.5, 0.6) is 0 Å². The van der Waals surface area contributed by atoms with Gasteiger partial charge in [0.15, 0.2) is 0 Å². The highest BCUT2D eigenvalue weighted by Crippen LogP contribution is 2.34. The molecule has 0 spiro atoms. The molecule has 0 bridgehead atoms. The van der Waals surface area contributed by atoms with Crippen molar-refractivity contribution in [2.75, 3.05) is 32.8 Å². The topological polar surface area (TPSA) is 67.6 Å². The summed E-state index contributed by atoms with van der Waals surface area (Å²) in [5, 5.41) is 11.1. The first-order valence-electron chi connectivity index (χ1n) is 8.20. The lowest BCUT2D eigenvalue weighted by atomic mass is 10.2. The maximum atomic E-state index is 12.8. The Labute approximate surface area is 138 Å². The molecule has 0 aromatic carbocycles. The predicted octanol–water partition coefficient (Wildman–Crippen LogP) is 0.640. The SMILES string of the molecule is O=c1c2c3c(sc2ncn1CC(O)CN1CCOCC1)CCC3. The summed E-state index contributed by atoms with van der Waals surface area (Å²) in [5.41, 5.74) is 1.19. The number of aliphatic hydroxyl groups excluding tert-OH is 1. The summed E-state index contributed by atoms with van der Waals surface area (Å²) in [7, 11) is 0. The molecule has 1 fully saturated rings. The van der Waals surface area contributed by atoms with Crippen LogP contribution >= 0.6 is 11.3 Å². The average molecular weight is 335 g/mol. The minimum absolute atomic E-state index is 0.00423. The highest BCUT2D eigenvalue weighted by atomic mass is 32.1. The number of hydrogen-bond donors (Lipinski definition) is 1. The van der Waals surface area contributed by atoms with Crippen LogP contribution in [0.4, 0.5) is 0 Å². The van der Waals surface area contributed by atoms with Crippen LogP contribution in [0.2, 0.25) is 0 Å². The van der Waals surface area contributed by atoms with Gasteiger partial charge in [-0.1, -0.05) is 0 Å². The second-order valence-electron chi connectivity index (χ2n) is 6.31. The fraction of sp³-hybridized carbons (Fsp3) is 0.625. The first-order valence-corrected chi connectivity index (χ1v) is 9.02. The zero-order valence-corrected chi connectivity index (χ0v) is 13.8. The summed E-state index contributed by atoms with van der Waals surface area (Å²) >= 11 is 1.65. The quantitative estimate of drug-likeness (QED) is 0.888. The fourth-order valence-corrected chi connectivity index (χ4v) is 4.74. The molecule has 6 nitrogen and oxygen atoms in total. The number of β-amino-alcohol motifs (C(OH)–C–C–N with tert-alkyl or cyclic N) is 1. The Morgan fingerprint density at radius 2 is 2.13 bits per heavy atom. The first-order chi connectivity index (χ1) is 11.2. The van der Waals surface area contributed by atoms with Crippen molar-refractivity contribution in [2.24, 2.45) is 0 Å². The highest BCUT2D eigenvalue weighted by molar-refractivity contribution is 7.18. The summed E-state index contributed by atoms with van der Waals surface area (Å²) in [5.74, 6) is 0. The van der Waals surface area contributed by atoms with Gasteiger partial charge in [0.25, 0.3) is 5.56 Å². The van der Waals surface area contributed by atoms with E-state index in [0.29, 0.717) is 26.3 Å². The summed E-state index contributed by atoms with van der Waals surface area (Å²) < 4.78 is 6.88. The number of thiophene rings is 1. The molecule has 2 aliphatic rings. The highest BCUT2D eigenvalue weighted by Gasteiger charge is 2.22. The number of rotatable bonds is 4. The molecule has 23 heavy (non-hydrogen) atoms. The number of fused-ring (bicyclic) bond motifs is 3. The Morgan fingerprint density at radius 3 is 2.96 bits per heavy atom. The third-order valence-electron chi connectivity index (χ3n) is 4.67. The Morgan fingerprint density at radius 1 is 1.30 bits per heavy atom. The number of aryl methyl sites for hydroxylation is 2. The van der Waals surface area contributed by atoms with Gasteiger partial charge < -0.3 is 9.84 Å². The van der Waals surface area contributed by atoms with Gasteiger partial charge in [-0.15, -0.1) is 11.3 Å². The molecule has 1 aliphatic carbocycles. The molecular formula is C16H21N3O3S. The van der Waals surface area contributed by atoms with E-state index >= 15 is 0 Å². The van der Waals surface area contributed by atoms with Crippen LogP contribution in [0, 0.1) is 0 Å². The van der Waals surface area contributed by atoms with E-state index in [9.17, 15) is 9.90 Å². The van der Waals surface area contributed by atoms with Gasteiger partial charge in [0.2, 0.25) is 0 Å². The second kappa shape index (κ2) is 6.32. The van der Waals surface area contributed by atoms with Gasteiger partial charge >= 0.3 is 0 Å². The van der Waals surface area contributed by atoms with Gasteiger partial charge in [-0.3, -0.25) is 14.3 Å². The zero-order chi connectivity index (χ0) is 15.8. The van der Waals surface area contributed by atoms with Crippen molar-refractivity contribution >= 4 is 21.6 Å². The largest absolute Gasteiger partial charge is 0.390 e. The van der Waals surface area contributed by atoms with E-state index in [-0.39, 0.29) is 5.56 Å². The van der Waals surface area contributed by atoms with Crippen LogP contribution in [0.15, 0.2) is 11.1 Å². The van der Waals surface area contributed by atoms with Crippen molar-refractivity contribution in [1.82, 2.24) is 14.5 Å². The molecule has 1 atom stereocenters. The standard InChI is InChI=1S/C16H21N3O3S/c20-11(8-18-4-6-22-7-5-18)9-19-10-17-15-14(16(19)21)12-2-1-3-13(12)23-15/h10-11,20H,1-9H2. The van der Waals surface area contributed by atoms with E-state index < -0.39 is 6.10 Å². The monoisotopic (exact) mass is 335 g/mol. The summed E-state index contributed by atoms with van der Waals surface area (Å²) in [6.45, 7) is 3.95. The van der Waals surface area contributed by atoms with Crippen LogP contribution in [0.3, 0.4) is 0 Å². The fourth-order valence-electron chi connectivity index (χ4n) is 3.52. The van der Waals surface area contributed by atoms with Crippen LogP contribution < -0.4 is 5.56 Å². The van der Waals surface area contributed by atoms with Crippen LogP contribution in [-0.4, -0.2) is 58.5 Å². The zero-order valence-electron chi connectivity index (χ0n) is 13.0. The molecule has 0 radical (unpaired) electrons. The minimum atomic E-state index is -0.572. The normalized spacial score (nSPS) is 20.0. The van der Waals surface area contributed by atoms with E-state index in [4.69, 9.17) is 4.74 Å². The number of nitrogens with zero attached hydrogens (tertiary/aromatic N) is 3. The van der Waals surface area contributed by atoms with Crippen LogP contribution in [0.25, 0.3) is 10.2 Å². The maximum absolute atomic E-state index is 12.8. The Bertz CT molecular complexity index is 764. The van der Waals surface area contributed by atoms with Gasteiger partial charge in [-0.25, -0.2) is 4.98 Å². The summed E-state index contributed by atoms with van der Waals surface area (Å²) in [6.07, 6.45) is 4.18. The Balaban J connectivity index is 1.54. The number of aromatic nitrogens is 2. The van der Waals surface area contributed by atoms with Gasteiger partial charge in [0.1, 0.15) is 4.83 Å². The number of ether oxygens (including phenoxy) is 1. The molecule has 7 heteroatoms. The molecule has 3 heterocycles. The Kier molecular flexibility index (Phi) is 4.19. The number of aliphatic hydroxyl groups is 1. The van der Waals surface area contributed by atoms with Crippen molar-refractivity contribution < 1.29 is 9.84 Å². The van der Waals surface area contributed by atoms with Gasteiger partial charge in [0.05, 0.1) is 37.6 Å². The van der Waals surface area contributed by atoms with Crippen molar-refractivity contribution in [3.63, 3.8) is 0 Å². The third-order valence-corrected chi connectivity index (χ3v) is 5.87. The third kappa shape index (κ3) is 2.94. The lowest BCUT2D eigenvalue weighted by molar-refractivity contribution is 0.0113. The van der Waals surface area contributed by atoms with Gasteiger partial charge in [0, 0.05) is 24.5 Å². The minimum Gasteiger partial charge on any atom is -0.390 e. The summed E-state index contributed by atoms with van der Waals surface area (Å²) in [6, 6.07) is 0. The number of morpholine rings is 1. The molecule has 1 aliphatic heterocycles. The van der Waals surface area contributed by atoms with E-state index in [1.165, 1.54) is 10.4 Å². The molecule has 1 saturated heterocycles. The van der Waals surface area contributed by atoms with Crippen molar-refractivity contribution in [1.29, 1.82) is 0 Å². The molecule has 4 rings (SSSR count). The van der Waals surface area contributed by atoms with E-state index in [0.717, 1.165) is 42.6 Å². The molecule has 2 aromatic rings. The average Bonchev–Trinajstić information content (AvgIpc) is 3.11. The molecular weight excluding hydrogens is 314 g/mol. The van der Waals surface area contributed by atoms with Crippen molar-refractivity contribution in [3.05, 3.63) is 27.1 Å². The summed E-state index contributed by atoms with van der Waals surface area (Å²) in [4.78, 5) is 21.5. The van der Waals surface area contributed by atoms with Gasteiger partial charge in [-0.05, 0) is 24.8 Å². The molecule has 1 N–H and O–H groups in total. The maximum Gasteiger partial charge on any atom is 0.262 e. The van der Waals surface area contributed by atoms with Crippen LogP contribution in [0.1, 0.15) is 16.9 Å². The molecule has 0 amide bonds. The molecule has 1 unspecified atom stereocenters. The lowest BCUT2D eigenvalue weighted by Gasteiger charge is -2.28. The molecule has 2 aromatic heterocycles. The van der Waals surface area contributed by atoms with Crippen molar-refractivity contribution in [3.8, 4) is 0 Å². The second-order valence-corrected chi connectivity index (χ2v) is 7.39. The first kappa shape index (κ1) is 15.3. The number of hydrogen-bond acceptors (Lipinski definition) is 6.